The molecule has 1 heterocycles. The van der Waals surface area contributed by atoms with E-state index in [2.05, 4.69) is 31.3 Å². The zero-order valence-electron chi connectivity index (χ0n) is 27.2. The van der Waals surface area contributed by atoms with Crippen molar-refractivity contribution in [3.8, 4) is 0 Å². The quantitative estimate of drug-likeness (QED) is 0.0556. The molecule has 9 nitrogen and oxygen atoms in total. The molecule has 1 aliphatic heterocycles. The van der Waals surface area contributed by atoms with E-state index < -0.39 is 49.5 Å². The summed E-state index contributed by atoms with van der Waals surface area (Å²) in [7, 11) is 0. The summed E-state index contributed by atoms with van der Waals surface area (Å²) >= 11 is 0. The Balaban J connectivity index is 2.50. The highest BCUT2D eigenvalue weighted by Crippen LogP contribution is 2.22. The van der Waals surface area contributed by atoms with Gasteiger partial charge in [0, 0.05) is 6.42 Å². The van der Waals surface area contributed by atoms with Gasteiger partial charge in [-0.15, -0.1) is 0 Å². The first-order valence-corrected chi connectivity index (χ1v) is 17.4. The topological polar surface area (TPSA) is 149 Å². The molecule has 254 valence electrons. The fraction of sp³-hybridized carbons (Fsp3) is 0.912. The van der Waals surface area contributed by atoms with Crippen LogP contribution in [-0.2, 0) is 14.3 Å². The lowest BCUT2D eigenvalue weighted by Crippen LogP contribution is -2.60. The van der Waals surface area contributed by atoms with Gasteiger partial charge >= 0.3 is 0 Å². The van der Waals surface area contributed by atoms with Gasteiger partial charge in [0.1, 0.15) is 24.4 Å². The van der Waals surface area contributed by atoms with Crippen molar-refractivity contribution in [1.29, 1.82) is 0 Å². The number of carbonyl (C=O) groups excluding carboxylic acids is 1. The second-order valence-electron chi connectivity index (χ2n) is 12.3. The van der Waals surface area contributed by atoms with Crippen LogP contribution in [0, 0.1) is 0 Å². The van der Waals surface area contributed by atoms with Crippen molar-refractivity contribution in [2.45, 2.75) is 185 Å². The van der Waals surface area contributed by atoms with E-state index in [4.69, 9.17) is 9.47 Å². The van der Waals surface area contributed by atoms with Crippen molar-refractivity contribution in [2.24, 2.45) is 0 Å². The van der Waals surface area contributed by atoms with Crippen LogP contribution in [0.25, 0.3) is 0 Å². The number of rotatable bonds is 27. The molecule has 1 amide bonds. The molecule has 0 spiro atoms. The Morgan fingerprint density at radius 2 is 1.30 bits per heavy atom. The molecule has 1 saturated heterocycles. The third-order valence-electron chi connectivity index (χ3n) is 8.37. The summed E-state index contributed by atoms with van der Waals surface area (Å²) in [6.07, 6.45) is 18.0. The minimum atomic E-state index is -1.55. The molecule has 9 heteroatoms. The van der Waals surface area contributed by atoms with Crippen molar-refractivity contribution in [1.82, 2.24) is 5.32 Å². The van der Waals surface area contributed by atoms with Crippen LogP contribution in [0.5, 0.6) is 0 Å². The van der Waals surface area contributed by atoms with Crippen LogP contribution in [0.3, 0.4) is 0 Å². The van der Waals surface area contributed by atoms with Crippen molar-refractivity contribution in [3.63, 3.8) is 0 Å². The number of allylic oxidation sites excluding steroid dienone is 2. The number of hydrogen-bond donors (Lipinski definition) is 6. The number of nitrogens with one attached hydrogen (secondary N) is 1. The Hall–Kier alpha value is -1.07. The van der Waals surface area contributed by atoms with Gasteiger partial charge in [0.2, 0.25) is 5.91 Å². The van der Waals surface area contributed by atoms with Crippen LogP contribution >= 0.6 is 0 Å². The number of amides is 1. The van der Waals surface area contributed by atoms with Gasteiger partial charge in [0.25, 0.3) is 0 Å². The number of aliphatic hydroxyl groups is 5. The highest BCUT2D eigenvalue weighted by atomic mass is 16.7. The molecule has 6 N–H and O–H groups in total. The Morgan fingerprint density at radius 1 is 0.767 bits per heavy atom. The normalized spacial score (nSPS) is 23.9. The van der Waals surface area contributed by atoms with Crippen molar-refractivity contribution >= 4 is 5.91 Å². The molecule has 1 rings (SSSR count). The average molecular weight is 616 g/mol. The van der Waals surface area contributed by atoms with Gasteiger partial charge in [-0.2, -0.15) is 0 Å². The summed E-state index contributed by atoms with van der Waals surface area (Å²) in [6.45, 7) is 3.73. The zero-order chi connectivity index (χ0) is 31.7. The molecule has 0 radical (unpaired) electrons. The maximum absolute atomic E-state index is 12.8. The summed E-state index contributed by atoms with van der Waals surface area (Å²) < 4.78 is 11.1. The van der Waals surface area contributed by atoms with Crippen LogP contribution in [-0.4, -0.2) is 87.5 Å². The predicted octanol–water partition coefficient (Wildman–Crippen LogP) is 5.05. The summed E-state index contributed by atoms with van der Waals surface area (Å²) in [5.41, 5.74) is 0. The predicted molar refractivity (Wildman–Crippen MR) is 170 cm³/mol. The fourth-order valence-corrected chi connectivity index (χ4v) is 5.45. The minimum Gasteiger partial charge on any atom is -0.394 e. The standard InChI is InChI=1S/C34H65NO8/c1-3-5-7-9-11-13-15-17-19-21-23-28(37)27(26-42-34-33(41)32(40)31(39)29(25-36)43-34)35-30(38)24-22-20-18-16-14-12-10-8-6-4-2/h13,15,27-29,31-34,36-37,39-41H,3-12,14,16-26H2,1-2H3,(H,35,38)/b15-13+/t27-,28+,29+,31+,32?,33?,34+/m0/s1. The van der Waals surface area contributed by atoms with E-state index in [0.717, 1.165) is 44.9 Å². The first-order valence-electron chi connectivity index (χ1n) is 17.4. The van der Waals surface area contributed by atoms with Crippen LogP contribution in [0.1, 0.15) is 142 Å². The SMILES string of the molecule is CCCCCC/C=C/CCCC[C@@H](O)[C@H](CO[C@@H]1O[C@H](CO)[C@@H](O)C(O)C1O)NC(=O)CCCCCCCCCCCC. The molecule has 0 bridgehead atoms. The first-order chi connectivity index (χ1) is 20.8. The number of aliphatic hydroxyl groups excluding tert-OH is 5. The Morgan fingerprint density at radius 3 is 1.88 bits per heavy atom. The van der Waals surface area contributed by atoms with E-state index in [1.807, 2.05) is 0 Å². The van der Waals surface area contributed by atoms with Gasteiger partial charge in [-0.3, -0.25) is 4.79 Å². The van der Waals surface area contributed by atoms with E-state index >= 15 is 0 Å². The van der Waals surface area contributed by atoms with Crippen LogP contribution in [0.4, 0.5) is 0 Å². The fourth-order valence-electron chi connectivity index (χ4n) is 5.45. The maximum atomic E-state index is 12.8. The lowest BCUT2D eigenvalue weighted by Gasteiger charge is -2.40. The summed E-state index contributed by atoms with van der Waals surface area (Å²) in [6, 6.07) is -0.725. The van der Waals surface area contributed by atoms with Gasteiger partial charge in [-0.05, 0) is 38.5 Å². The number of hydrogen-bond acceptors (Lipinski definition) is 8. The largest absolute Gasteiger partial charge is 0.394 e. The lowest BCUT2D eigenvalue weighted by atomic mass is 9.99. The molecule has 1 aliphatic rings. The summed E-state index contributed by atoms with van der Waals surface area (Å²) in [5, 5.41) is 53.7. The molecule has 43 heavy (non-hydrogen) atoms. The van der Waals surface area contributed by atoms with Gasteiger partial charge in [-0.1, -0.05) is 109 Å². The van der Waals surface area contributed by atoms with E-state index in [-0.39, 0.29) is 12.5 Å². The molecule has 0 saturated carbocycles. The second kappa shape index (κ2) is 26.2. The van der Waals surface area contributed by atoms with Crippen molar-refractivity contribution in [2.75, 3.05) is 13.2 Å². The van der Waals surface area contributed by atoms with E-state index in [1.165, 1.54) is 70.6 Å². The molecule has 0 aromatic heterocycles. The number of unbranched alkanes of at least 4 members (excludes halogenated alkanes) is 15. The molecule has 0 aromatic carbocycles. The number of ether oxygens (including phenoxy) is 2. The molecular weight excluding hydrogens is 550 g/mol. The Bertz CT molecular complexity index is 691. The maximum Gasteiger partial charge on any atom is 0.220 e. The first kappa shape index (κ1) is 40.0. The number of carbonyl (C=O) groups is 1. The smallest absolute Gasteiger partial charge is 0.220 e. The molecule has 0 aliphatic carbocycles. The van der Waals surface area contributed by atoms with Gasteiger partial charge < -0.3 is 40.3 Å². The Kier molecular flexibility index (Phi) is 24.3. The zero-order valence-corrected chi connectivity index (χ0v) is 27.2. The molecular formula is C34H65NO8. The minimum absolute atomic E-state index is 0.148. The van der Waals surface area contributed by atoms with Crippen LogP contribution in [0.2, 0.25) is 0 Å². The van der Waals surface area contributed by atoms with Crippen LogP contribution in [0.15, 0.2) is 12.2 Å². The molecule has 7 atom stereocenters. The molecule has 0 aromatic rings. The van der Waals surface area contributed by atoms with Gasteiger partial charge in [0.05, 0.1) is 25.4 Å². The third kappa shape index (κ3) is 18.5. The van der Waals surface area contributed by atoms with Crippen LogP contribution < -0.4 is 5.32 Å². The molecule has 1 fully saturated rings. The summed E-state index contributed by atoms with van der Waals surface area (Å²) in [5.74, 6) is -0.160. The average Bonchev–Trinajstić information content (AvgIpc) is 3.00. The monoisotopic (exact) mass is 615 g/mol. The van der Waals surface area contributed by atoms with E-state index in [9.17, 15) is 30.3 Å². The highest BCUT2D eigenvalue weighted by Gasteiger charge is 2.44. The van der Waals surface area contributed by atoms with Crippen molar-refractivity contribution < 1.29 is 39.8 Å². The van der Waals surface area contributed by atoms with E-state index in [0.29, 0.717) is 12.8 Å². The summed E-state index contributed by atoms with van der Waals surface area (Å²) in [4.78, 5) is 12.8. The van der Waals surface area contributed by atoms with Gasteiger partial charge in [-0.25, -0.2) is 0 Å². The second-order valence-corrected chi connectivity index (χ2v) is 12.3. The molecule has 2 unspecified atom stereocenters. The lowest BCUT2D eigenvalue weighted by molar-refractivity contribution is -0.302. The Labute approximate surface area is 261 Å². The third-order valence-corrected chi connectivity index (χ3v) is 8.37. The van der Waals surface area contributed by atoms with Crippen molar-refractivity contribution in [3.05, 3.63) is 12.2 Å². The van der Waals surface area contributed by atoms with Gasteiger partial charge in [0.15, 0.2) is 6.29 Å². The van der Waals surface area contributed by atoms with E-state index in [1.54, 1.807) is 0 Å². The highest BCUT2D eigenvalue weighted by molar-refractivity contribution is 5.76.